The van der Waals surface area contributed by atoms with E-state index in [2.05, 4.69) is 15.5 Å². The Morgan fingerprint density at radius 3 is 2.87 bits per heavy atom. The molecule has 1 aliphatic rings. The number of hydrogen-bond acceptors (Lipinski definition) is 2. The molecule has 2 aromatic rings. The minimum atomic E-state index is 0.682. The summed E-state index contributed by atoms with van der Waals surface area (Å²) in [5.41, 5.74) is 3.88. The van der Waals surface area contributed by atoms with Crippen molar-refractivity contribution in [2.24, 2.45) is 0 Å². The third kappa shape index (κ3) is 1.24. The SMILES string of the molecule is Clc1ccc(Cl)c2c1NCc1[nH]ncc1-2. The molecule has 2 heterocycles. The highest BCUT2D eigenvalue weighted by atomic mass is 35.5. The monoisotopic (exact) mass is 239 g/mol. The molecule has 0 saturated heterocycles. The molecule has 2 N–H and O–H groups in total. The summed E-state index contributed by atoms with van der Waals surface area (Å²) in [6.45, 7) is 0.697. The third-order valence-electron chi connectivity index (χ3n) is 2.53. The fourth-order valence-electron chi connectivity index (χ4n) is 1.83. The predicted octanol–water partition coefficient (Wildman–Crippen LogP) is 3.31. The summed E-state index contributed by atoms with van der Waals surface area (Å²) >= 11 is 12.3. The van der Waals surface area contributed by atoms with Crippen molar-refractivity contribution in [3.63, 3.8) is 0 Å². The zero-order chi connectivity index (χ0) is 10.4. The summed E-state index contributed by atoms with van der Waals surface area (Å²) in [5, 5.41) is 11.5. The Morgan fingerprint density at radius 1 is 1.20 bits per heavy atom. The second-order valence-corrected chi connectivity index (χ2v) is 4.21. The molecular weight excluding hydrogens is 233 g/mol. The van der Waals surface area contributed by atoms with E-state index in [1.54, 1.807) is 18.3 Å². The van der Waals surface area contributed by atoms with Crippen molar-refractivity contribution in [1.29, 1.82) is 0 Å². The van der Waals surface area contributed by atoms with Gasteiger partial charge in [0, 0.05) is 11.1 Å². The first-order valence-electron chi connectivity index (χ1n) is 4.52. The van der Waals surface area contributed by atoms with E-state index in [0.29, 0.717) is 16.6 Å². The number of rotatable bonds is 0. The van der Waals surface area contributed by atoms with Gasteiger partial charge >= 0.3 is 0 Å². The van der Waals surface area contributed by atoms with Crippen molar-refractivity contribution in [3.8, 4) is 11.1 Å². The van der Waals surface area contributed by atoms with Crippen LogP contribution in [0.15, 0.2) is 18.3 Å². The Kier molecular flexibility index (Phi) is 1.90. The average Bonchev–Trinajstić information content (AvgIpc) is 2.70. The molecule has 76 valence electrons. The van der Waals surface area contributed by atoms with Crippen molar-refractivity contribution in [2.45, 2.75) is 6.54 Å². The van der Waals surface area contributed by atoms with Crippen LogP contribution in [0.2, 0.25) is 10.0 Å². The van der Waals surface area contributed by atoms with Crippen LogP contribution in [-0.4, -0.2) is 10.2 Å². The molecule has 1 aliphatic heterocycles. The van der Waals surface area contributed by atoms with Crippen molar-refractivity contribution < 1.29 is 0 Å². The lowest BCUT2D eigenvalue weighted by Gasteiger charge is -2.20. The number of fused-ring (bicyclic) bond motifs is 3. The van der Waals surface area contributed by atoms with Crippen molar-refractivity contribution in [1.82, 2.24) is 10.2 Å². The summed E-state index contributed by atoms with van der Waals surface area (Å²) in [5.74, 6) is 0. The first-order valence-corrected chi connectivity index (χ1v) is 5.27. The lowest BCUT2D eigenvalue weighted by molar-refractivity contribution is 0.977. The normalized spacial score (nSPS) is 12.9. The highest BCUT2D eigenvalue weighted by molar-refractivity contribution is 6.38. The number of hydrogen-bond donors (Lipinski definition) is 2. The minimum absolute atomic E-state index is 0.682. The maximum Gasteiger partial charge on any atom is 0.0645 e. The standard InChI is InChI=1S/C10H7Cl2N3/c11-6-1-2-7(12)10-9(6)5-3-14-15-8(5)4-13-10/h1-3,13H,4H2,(H,14,15). The Bertz CT molecular complexity index is 533. The van der Waals surface area contributed by atoms with Gasteiger partial charge in [-0.3, -0.25) is 5.10 Å². The van der Waals surface area contributed by atoms with Crippen molar-refractivity contribution >= 4 is 28.9 Å². The average molecular weight is 240 g/mol. The number of aromatic nitrogens is 2. The van der Waals surface area contributed by atoms with E-state index in [1.165, 1.54) is 0 Å². The Balaban J connectivity index is 2.36. The quantitative estimate of drug-likeness (QED) is 0.741. The van der Waals surface area contributed by atoms with E-state index in [1.807, 2.05) is 0 Å². The molecule has 1 aromatic heterocycles. The Hall–Kier alpha value is -1.19. The summed E-state index contributed by atoms with van der Waals surface area (Å²) in [6, 6.07) is 3.59. The van der Waals surface area contributed by atoms with Gasteiger partial charge in [0.1, 0.15) is 0 Å². The highest BCUT2D eigenvalue weighted by Crippen LogP contribution is 2.43. The number of anilines is 1. The van der Waals surface area contributed by atoms with Crippen LogP contribution in [-0.2, 0) is 6.54 Å². The van der Waals surface area contributed by atoms with Gasteiger partial charge in [-0.05, 0) is 12.1 Å². The van der Waals surface area contributed by atoms with Crippen LogP contribution in [0.25, 0.3) is 11.1 Å². The first-order chi connectivity index (χ1) is 7.27. The van der Waals surface area contributed by atoms with Crippen LogP contribution in [0.3, 0.4) is 0 Å². The molecule has 5 heteroatoms. The zero-order valence-electron chi connectivity index (χ0n) is 7.64. The lowest BCUT2D eigenvalue weighted by atomic mass is 10.0. The topological polar surface area (TPSA) is 40.7 Å². The van der Waals surface area contributed by atoms with Crippen molar-refractivity contribution in [2.75, 3.05) is 5.32 Å². The van der Waals surface area contributed by atoms with Gasteiger partial charge in [-0.15, -0.1) is 0 Å². The molecule has 0 bridgehead atoms. The molecular formula is C10H7Cl2N3. The minimum Gasteiger partial charge on any atom is -0.378 e. The van der Waals surface area contributed by atoms with Gasteiger partial charge < -0.3 is 5.32 Å². The van der Waals surface area contributed by atoms with Gasteiger partial charge in [-0.25, -0.2) is 0 Å². The number of H-pyrrole nitrogens is 1. The van der Waals surface area contributed by atoms with E-state index in [0.717, 1.165) is 22.5 Å². The Labute approximate surface area is 96.4 Å². The third-order valence-corrected chi connectivity index (χ3v) is 3.16. The molecule has 0 radical (unpaired) electrons. The lowest BCUT2D eigenvalue weighted by Crippen LogP contribution is -2.08. The molecule has 0 saturated carbocycles. The number of nitrogens with one attached hydrogen (secondary N) is 2. The van der Waals surface area contributed by atoms with E-state index in [-0.39, 0.29) is 0 Å². The molecule has 1 aromatic carbocycles. The molecule has 0 amide bonds. The fraction of sp³-hybridized carbons (Fsp3) is 0.100. The van der Waals surface area contributed by atoms with E-state index in [4.69, 9.17) is 23.2 Å². The summed E-state index contributed by atoms with van der Waals surface area (Å²) < 4.78 is 0. The summed E-state index contributed by atoms with van der Waals surface area (Å²) in [4.78, 5) is 0. The summed E-state index contributed by atoms with van der Waals surface area (Å²) in [7, 11) is 0. The molecule has 0 aliphatic carbocycles. The molecule has 3 nitrogen and oxygen atoms in total. The predicted molar refractivity (Wildman–Crippen MR) is 61.4 cm³/mol. The summed E-state index contributed by atoms with van der Waals surface area (Å²) in [6.07, 6.45) is 1.78. The molecule has 0 atom stereocenters. The van der Waals surface area contributed by atoms with Crippen LogP contribution >= 0.6 is 23.2 Å². The van der Waals surface area contributed by atoms with Crippen LogP contribution in [0, 0.1) is 0 Å². The molecule has 0 unspecified atom stereocenters. The largest absolute Gasteiger partial charge is 0.378 e. The van der Waals surface area contributed by atoms with Crippen LogP contribution < -0.4 is 5.32 Å². The van der Waals surface area contributed by atoms with Crippen LogP contribution in [0.5, 0.6) is 0 Å². The van der Waals surface area contributed by atoms with E-state index >= 15 is 0 Å². The van der Waals surface area contributed by atoms with Gasteiger partial charge in [0.25, 0.3) is 0 Å². The maximum absolute atomic E-state index is 6.16. The van der Waals surface area contributed by atoms with Crippen molar-refractivity contribution in [3.05, 3.63) is 34.1 Å². The second-order valence-electron chi connectivity index (χ2n) is 3.39. The molecule has 0 spiro atoms. The fourth-order valence-corrected chi connectivity index (χ4v) is 2.31. The zero-order valence-corrected chi connectivity index (χ0v) is 9.15. The van der Waals surface area contributed by atoms with Gasteiger partial charge in [0.15, 0.2) is 0 Å². The van der Waals surface area contributed by atoms with Crippen LogP contribution in [0.4, 0.5) is 5.69 Å². The molecule has 0 fully saturated rings. The number of aromatic amines is 1. The molecule has 15 heavy (non-hydrogen) atoms. The highest BCUT2D eigenvalue weighted by Gasteiger charge is 2.21. The van der Waals surface area contributed by atoms with E-state index in [9.17, 15) is 0 Å². The van der Waals surface area contributed by atoms with Gasteiger partial charge in [-0.2, -0.15) is 5.10 Å². The maximum atomic E-state index is 6.16. The Morgan fingerprint density at radius 2 is 2.00 bits per heavy atom. The van der Waals surface area contributed by atoms with Gasteiger partial charge in [-0.1, -0.05) is 23.2 Å². The van der Waals surface area contributed by atoms with E-state index < -0.39 is 0 Å². The smallest absolute Gasteiger partial charge is 0.0645 e. The molecule has 3 rings (SSSR count). The number of nitrogens with zero attached hydrogens (tertiary/aromatic N) is 1. The number of halogens is 2. The van der Waals surface area contributed by atoms with Gasteiger partial charge in [0.2, 0.25) is 0 Å². The first kappa shape index (κ1) is 9.07. The van der Waals surface area contributed by atoms with Gasteiger partial charge in [0.05, 0.1) is 34.2 Å². The number of benzene rings is 1. The second kappa shape index (κ2) is 3.15. The van der Waals surface area contributed by atoms with Crippen LogP contribution in [0.1, 0.15) is 5.69 Å².